The lowest BCUT2D eigenvalue weighted by molar-refractivity contribution is -0.999. The van der Waals surface area contributed by atoms with Crippen molar-refractivity contribution in [2.45, 2.75) is 26.4 Å². The molecule has 3 aliphatic rings. The maximum absolute atomic E-state index is 6.64. The van der Waals surface area contributed by atoms with E-state index in [1.54, 1.807) is 0 Å². The summed E-state index contributed by atoms with van der Waals surface area (Å²) < 4.78 is 16.1. The molecule has 38 heavy (non-hydrogen) atoms. The van der Waals surface area contributed by atoms with Gasteiger partial charge in [-0.25, -0.2) is 0 Å². The number of fused-ring (bicyclic) bond motifs is 4. The van der Waals surface area contributed by atoms with E-state index in [2.05, 4.69) is 135 Å². The van der Waals surface area contributed by atoms with E-state index >= 15 is 0 Å². The van der Waals surface area contributed by atoms with Crippen LogP contribution in [0.2, 0.25) is 0 Å². The molecule has 182 valence electrons. The zero-order valence-electron chi connectivity index (χ0n) is 21.4. The highest BCUT2D eigenvalue weighted by Gasteiger charge is 2.72. The average molecular weight is 496 g/mol. The fraction of sp³-hybridized carbons (Fsp3) is 0.125. The first kappa shape index (κ1) is 20.2. The lowest BCUT2D eigenvalue weighted by Crippen LogP contribution is -2.77. The lowest BCUT2D eigenvalue weighted by atomic mass is 9.82. The number of rotatable bonds is 1. The minimum absolute atomic E-state index is 0.623. The predicted molar refractivity (Wildman–Crippen MR) is 144 cm³/mol. The number of ether oxygens (including phenoxy) is 1. The van der Waals surface area contributed by atoms with Crippen molar-refractivity contribution in [2.75, 3.05) is 4.90 Å². The number of nitrogens with zero attached hydrogens (tertiary/aromatic N) is 5. The molecule has 6 heteroatoms. The first-order valence-electron chi connectivity index (χ1n) is 13.1. The van der Waals surface area contributed by atoms with Crippen LogP contribution in [0.1, 0.15) is 28.1 Å². The number of aromatic nitrogens is 4. The fourth-order valence-corrected chi connectivity index (χ4v) is 7.28. The highest BCUT2D eigenvalue weighted by atomic mass is 16.5. The summed E-state index contributed by atoms with van der Waals surface area (Å²) in [5.74, 6) is 2.86. The molecular formula is C32H25N5O+2. The molecule has 9 rings (SSSR count). The van der Waals surface area contributed by atoms with Crippen molar-refractivity contribution in [3.05, 3.63) is 125 Å². The average Bonchev–Trinajstić information content (AvgIpc) is 3.53. The Hall–Kier alpha value is -4.84. The third-order valence-corrected chi connectivity index (χ3v) is 8.46. The smallest absolute Gasteiger partial charge is 0.404 e. The van der Waals surface area contributed by atoms with Gasteiger partial charge in [-0.3, -0.25) is 4.90 Å². The molecule has 0 amide bonds. The van der Waals surface area contributed by atoms with Crippen LogP contribution in [0.4, 0.5) is 17.2 Å². The van der Waals surface area contributed by atoms with Gasteiger partial charge in [-0.05, 0) is 72.6 Å². The Morgan fingerprint density at radius 1 is 0.763 bits per heavy atom. The molecule has 0 radical (unpaired) electrons. The molecule has 0 saturated carbocycles. The molecule has 6 nitrogen and oxygen atoms in total. The van der Waals surface area contributed by atoms with Crippen LogP contribution in [0.5, 0.6) is 11.6 Å². The topological polar surface area (TPSA) is 29.6 Å². The van der Waals surface area contributed by atoms with Crippen LogP contribution in [-0.2, 0) is 5.66 Å². The van der Waals surface area contributed by atoms with Gasteiger partial charge in [0.05, 0.1) is 23.1 Å². The van der Waals surface area contributed by atoms with E-state index in [1.807, 2.05) is 6.07 Å². The Labute approximate surface area is 219 Å². The van der Waals surface area contributed by atoms with Gasteiger partial charge in [-0.2, -0.15) is 0 Å². The molecule has 1 spiro atoms. The van der Waals surface area contributed by atoms with Gasteiger partial charge in [0.1, 0.15) is 11.5 Å². The normalized spacial score (nSPS) is 17.6. The van der Waals surface area contributed by atoms with Crippen molar-refractivity contribution in [2.24, 2.45) is 0 Å². The molecule has 0 saturated heterocycles. The van der Waals surface area contributed by atoms with Crippen molar-refractivity contribution in [1.29, 1.82) is 0 Å². The Bertz CT molecular complexity index is 2010. The van der Waals surface area contributed by atoms with Crippen molar-refractivity contribution >= 4 is 22.7 Å². The number of benzene rings is 2. The second kappa shape index (κ2) is 6.53. The van der Waals surface area contributed by atoms with Crippen LogP contribution in [0, 0.1) is 20.8 Å². The molecule has 0 N–H and O–H groups in total. The lowest BCUT2D eigenvalue weighted by Gasteiger charge is -2.38. The van der Waals surface area contributed by atoms with Gasteiger partial charge < -0.3 is 9.14 Å². The van der Waals surface area contributed by atoms with Gasteiger partial charge in [0.2, 0.25) is 5.69 Å². The number of aryl methyl sites for hydroxylation is 3. The molecule has 4 aromatic heterocycles. The van der Waals surface area contributed by atoms with Crippen molar-refractivity contribution in [1.82, 2.24) is 9.08 Å². The monoisotopic (exact) mass is 495 g/mol. The first-order valence-corrected chi connectivity index (χ1v) is 13.1. The van der Waals surface area contributed by atoms with Gasteiger partial charge >= 0.3 is 11.5 Å². The molecule has 3 aliphatic heterocycles. The molecule has 2 aromatic carbocycles. The van der Waals surface area contributed by atoms with E-state index in [-0.39, 0.29) is 0 Å². The third-order valence-electron chi connectivity index (χ3n) is 8.46. The summed E-state index contributed by atoms with van der Waals surface area (Å²) in [6.45, 7) is 6.61. The third kappa shape index (κ3) is 2.06. The highest BCUT2D eigenvalue weighted by Crippen LogP contribution is 2.58. The maximum Gasteiger partial charge on any atom is 0.449 e. The van der Waals surface area contributed by atoms with Crippen molar-refractivity contribution in [3.63, 3.8) is 0 Å². The number of hydrogen-bond acceptors (Lipinski definition) is 2. The van der Waals surface area contributed by atoms with Crippen LogP contribution in [-0.4, -0.2) is 9.08 Å². The Kier molecular flexibility index (Phi) is 3.48. The molecule has 0 aliphatic carbocycles. The molecule has 1 atom stereocenters. The highest BCUT2D eigenvalue weighted by molar-refractivity contribution is 5.90. The Balaban J connectivity index is 1.53. The summed E-state index contributed by atoms with van der Waals surface area (Å²) >= 11 is 0. The molecule has 0 bridgehead atoms. The SMILES string of the molecule is Cc1cc2ccccn2c1N1c2cccc3c2C2(c4c1cccc4-n1c(C)cc(C)[n+]12)[n+]1ccccc1O3. The van der Waals surface area contributed by atoms with Crippen LogP contribution < -0.4 is 18.9 Å². The van der Waals surface area contributed by atoms with E-state index in [0.29, 0.717) is 0 Å². The van der Waals surface area contributed by atoms with Gasteiger partial charge in [0.15, 0.2) is 23.1 Å². The molecule has 1 unspecified atom stereocenters. The number of hydrogen-bond donors (Lipinski definition) is 0. The molecule has 0 fully saturated rings. The molecule has 7 heterocycles. The summed E-state index contributed by atoms with van der Waals surface area (Å²) in [5.41, 5.74) is 10.1. The van der Waals surface area contributed by atoms with Crippen molar-refractivity contribution < 1.29 is 14.0 Å². The minimum atomic E-state index is -0.623. The van der Waals surface area contributed by atoms with Crippen LogP contribution in [0.3, 0.4) is 0 Å². The predicted octanol–water partition coefficient (Wildman–Crippen LogP) is 5.73. The van der Waals surface area contributed by atoms with E-state index in [0.717, 1.165) is 28.7 Å². The zero-order chi connectivity index (χ0) is 25.3. The zero-order valence-corrected chi connectivity index (χ0v) is 21.4. The maximum atomic E-state index is 6.64. The summed E-state index contributed by atoms with van der Waals surface area (Å²) in [7, 11) is 0. The largest absolute Gasteiger partial charge is 0.449 e. The van der Waals surface area contributed by atoms with E-state index in [4.69, 9.17) is 4.74 Å². The van der Waals surface area contributed by atoms with Gasteiger partial charge in [0.25, 0.3) is 0 Å². The Morgan fingerprint density at radius 3 is 2.45 bits per heavy atom. The van der Waals surface area contributed by atoms with Crippen LogP contribution in [0.15, 0.2) is 97.3 Å². The van der Waals surface area contributed by atoms with Crippen molar-refractivity contribution in [3.8, 4) is 17.3 Å². The quantitative estimate of drug-likeness (QED) is 0.272. The van der Waals surface area contributed by atoms with Crippen LogP contribution >= 0.6 is 0 Å². The Morgan fingerprint density at radius 2 is 1.55 bits per heavy atom. The van der Waals surface area contributed by atoms with Gasteiger partial charge in [-0.1, -0.05) is 22.8 Å². The molecule has 6 aromatic rings. The number of pyridine rings is 2. The second-order valence-corrected chi connectivity index (χ2v) is 10.5. The summed E-state index contributed by atoms with van der Waals surface area (Å²) in [4.78, 5) is 2.44. The van der Waals surface area contributed by atoms with E-state index in [9.17, 15) is 0 Å². The molecular weight excluding hydrogens is 470 g/mol. The van der Waals surface area contributed by atoms with Crippen LogP contribution in [0.25, 0.3) is 11.2 Å². The summed E-state index contributed by atoms with van der Waals surface area (Å²) in [6.07, 6.45) is 4.32. The first-order chi connectivity index (χ1) is 18.6. The van der Waals surface area contributed by atoms with Gasteiger partial charge in [-0.15, -0.1) is 4.68 Å². The van der Waals surface area contributed by atoms with Gasteiger partial charge in [0, 0.05) is 30.8 Å². The number of anilines is 3. The van der Waals surface area contributed by atoms with E-state index < -0.39 is 5.66 Å². The van der Waals surface area contributed by atoms with E-state index in [1.165, 1.54) is 39.4 Å². The summed E-state index contributed by atoms with van der Waals surface area (Å²) in [5, 5.41) is 0. The second-order valence-electron chi connectivity index (χ2n) is 10.5. The fourth-order valence-electron chi connectivity index (χ4n) is 7.28. The summed E-state index contributed by atoms with van der Waals surface area (Å²) in [6, 6.07) is 30.3. The minimum Gasteiger partial charge on any atom is -0.404 e. The standard InChI is InChI=1S/C32H25N5O/c1-20-18-23-10-4-6-16-33(23)31(20)35-24-11-8-13-26-29(24)32(37-22(3)19-21(2)36(26)37)30-25(35)12-9-14-27(30)38-28-15-5-7-17-34(28)32/h4-19H,1-3H3/q+2.